The number of amides is 2. The molecule has 8 aliphatic carbocycles. The average Bonchev–Trinajstić information content (AvgIpc) is 2.90. The molecule has 2 amide bonds. The third-order valence-electron chi connectivity index (χ3n) is 11.8. The van der Waals surface area contributed by atoms with E-state index < -0.39 is 0 Å². The van der Waals surface area contributed by atoms with E-state index in [1.807, 2.05) is 48.5 Å². The van der Waals surface area contributed by atoms with Crippen LogP contribution in [0.3, 0.4) is 0 Å². The van der Waals surface area contributed by atoms with E-state index in [1.54, 1.807) is 0 Å². The quantitative estimate of drug-likeness (QED) is 0.291. The number of benzene rings is 2. The largest absolute Gasteiger partial charge is 0.274 e. The van der Waals surface area contributed by atoms with E-state index in [9.17, 15) is 0 Å². The lowest BCUT2D eigenvalue weighted by atomic mass is 9.51. The second-order valence-corrected chi connectivity index (χ2v) is 15.5. The van der Waals surface area contributed by atoms with E-state index in [-0.39, 0.29) is 22.9 Å². The minimum absolute atomic E-state index is 0.0340. The van der Waals surface area contributed by atoms with Gasteiger partial charge in [0.15, 0.2) is 0 Å². The van der Waals surface area contributed by atoms with Crippen molar-refractivity contribution in [2.75, 3.05) is 0 Å². The Morgan fingerprint density at radius 2 is 0.800 bits per heavy atom. The molecule has 2 aromatic carbocycles. The fraction of sp³-hybridized carbons (Fsp3) is 0.588. The highest BCUT2D eigenvalue weighted by Crippen LogP contribution is 2.62. The lowest BCUT2D eigenvalue weighted by Crippen LogP contribution is -2.74. The van der Waals surface area contributed by atoms with Crippen LogP contribution >= 0.6 is 25.3 Å². The van der Waals surface area contributed by atoms with Crippen LogP contribution in [0.1, 0.15) is 97.8 Å². The van der Waals surface area contributed by atoms with Crippen LogP contribution in [-0.4, -0.2) is 32.9 Å². The fourth-order valence-electron chi connectivity index (χ4n) is 11.2. The molecule has 0 saturated heterocycles. The predicted molar refractivity (Wildman–Crippen MR) is 162 cm³/mol. The van der Waals surface area contributed by atoms with Gasteiger partial charge in [0.2, 0.25) is 0 Å². The Bertz CT molecular complexity index is 1200. The summed E-state index contributed by atoms with van der Waals surface area (Å²) in [5.74, 6) is 3.84. The molecule has 8 aliphatic rings. The molecular weight excluding hydrogens is 533 g/mol. The summed E-state index contributed by atoms with van der Waals surface area (Å²) in [4.78, 5) is 31.6. The van der Waals surface area contributed by atoms with Gasteiger partial charge < -0.3 is 0 Å². The predicted octanol–water partition coefficient (Wildman–Crippen LogP) is 7.70. The molecule has 0 radical (unpaired) electrons. The van der Waals surface area contributed by atoms with Crippen molar-refractivity contribution in [1.82, 2.24) is 10.0 Å². The highest BCUT2D eigenvalue weighted by Gasteiger charge is 2.62. The number of nitrogens with zero attached hydrogens (tertiary/aromatic N) is 2. The van der Waals surface area contributed by atoms with Gasteiger partial charge >= 0.3 is 0 Å². The molecule has 8 fully saturated rings. The summed E-state index contributed by atoms with van der Waals surface area (Å²) < 4.78 is 0. The molecule has 0 unspecified atom stereocenters. The molecule has 10 rings (SSSR count). The second-order valence-electron chi connectivity index (χ2n) is 14.6. The number of carbonyl (C=O) groups excluding carboxylic acids is 2. The number of hydrogen-bond donors (Lipinski definition) is 2. The summed E-state index contributed by atoms with van der Waals surface area (Å²) in [6.45, 7) is 0. The Kier molecular flexibility index (Phi) is 5.98. The van der Waals surface area contributed by atoms with Crippen molar-refractivity contribution in [3.63, 3.8) is 0 Å². The molecule has 0 aromatic heterocycles. The van der Waals surface area contributed by atoms with Crippen LogP contribution in [0.2, 0.25) is 0 Å². The van der Waals surface area contributed by atoms with Crippen LogP contribution in [0.4, 0.5) is 0 Å². The maximum absolute atomic E-state index is 15.1. The summed E-state index contributed by atoms with van der Waals surface area (Å²) in [6, 6.07) is 15.4. The molecule has 8 bridgehead atoms. The average molecular weight is 573 g/mol. The van der Waals surface area contributed by atoms with Crippen LogP contribution in [0.15, 0.2) is 58.3 Å². The summed E-state index contributed by atoms with van der Waals surface area (Å²) in [6.07, 6.45) is 13.8. The third-order valence-corrected chi connectivity index (χ3v) is 12.5. The Hall–Kier alpha value is -1.92. The lowest BCUT2D eigenvalue weighted by molar-refractivity contribution is -0.199. The van der Waals surface area contributed by atoms with Gasteiger partial charge in [0, 0.05) is 9.79 Å². The number of rotatable bonds is 4. The molecule has 6 heteroatoms. The normalized spacial score (nSPS) is 38.5. The molecule has 2 aromatic rings. The summed E-state index contributed by atoms with van der Waals surface area (Å²) in [5.41, 5.74) is 0.602. The zero-order valence-electron chi connectivity index (χ0n) is 23.2. The van der Waals surface area contributed by atoms with Crippen molar-refractivity contribution < 1.29 is 9.59 Å². The van der Waals surface area contributed by atoms with Crippen LogP contribution in [0, 0.1) is 35.5 Å². The number of carbonyl (C=O) groups is 2. The van der Waals surface area contributed by atoms with Gasteiger partial charge in [0.05, 0.1) is 22.2 Å². The Labute approximate surface area is 249 Å². The first kappa shape index (κ1) is 25.8. The topological polar surface area (TPSA) is 40.6 Å². The molecule has 40 heavy (non-hydrogen) atoms. The van der Waals surface area contributed by atoms with Gasteiger partial charge in [-0.2, -0.15) is 0 Å². The van der Waals surface area contributed by atoms with Gasteiger partial charge in [-0.05, 0) is 137 Å². The van der Waals surface area contributed by atoms with E-state index in [1.165, 1.54) is 38.5 Å². The van der Waals surface area contributed by atoms with E-state index in [2.05, 4.69) is 10.0 Å². The Balaban J connectivity index is 1.33. The molecule has 4 nitrogen and oxygen atoms in total. The van der Waals surface area contributed by atoms with E-state index in [4.69, 9.17) is 25.3 Å². The van der Waals surface area contributed by atoms with Gasteiger partial charge in [0.1, 0.15) is 0 Å². The van der Waals surface area contributed by atoms with Crippen LogP contribution in [0.5, 0.6) is 0 Å². The maximum atomic E-state index is 15.1. The number of thiol groups is 2. The molecule has 210 valence electrons. The molecular formula is C34H40N2O2S2. The molecule has 0 spiro atoms. The van der Waals surface area contributed by atoms with Crippen molar-refractivity contribution in [2.24, 2.45) is 35.5 Å². The van der Waals surface area contributed by atoms with Gasteiger partial charge in [-0.1, -0.05) is 24.3 Å². The van der Waals surface area contributed by atoms with E-state index >= 15 is 9.59 Å². The minimum atomic E-state index is -0.313. The van der Waals surface area contributed by atoms with Crippen molar-refractivity contribution in [3.8, 4) is 0 Å². The minimum Gasteiger partial charge on any atom is -0.267 e. The zero-order chi connectivity index (χ0) is 27.2. The van der Waals surface area contributed by atoms with Crippen molar-refractivity contribution in [2.45, 2.75) is 97.9 Å². The van der Waals surface area contributed by atoms with Crippen molar-refractivity contribution in [1.29, 1.82) is 0 Å². The summed E-state index contributed by atoms with van der Waals surface area (Å²) in [5, 5.41) is 4.20. The van der Waals surface area contributed by atoms with E-state index in [0.29, 0.717) is 56.4 Å². The van der Waals surface area contributed by atoms with E-state index in [0.717, 1.165) is 38.5 Å². The van der Waals surface area contributed by atoms with Crippen molar-refractivity contribution >= 4 is 37.1 Å². The van der Waals surface area contributed by atoms with Gasteiger partial charge in [-0.15, -0.1) is 25.3 Å². The molecule has 0 heterocycles. The Morgan fingerprint density at radius 3 is 1.07 bits per heavy atom. The summed E-state index contributed by atoms with van der Waals surface area (Å²) >= 11 is 9.54. The van der Waals surface area contributed by atoms with Gasteiger partial charge in [0.25, 0.3) is 11.8 Å². The third kappa shape index (κ3) is 3.95. The smallest absolute Gasteiger partial charge is 0.267 e. The van der Waals surface area contributed by atoms with Crippen LogP contribution in [-0.2, 0) is 0 Å². The first-order valence-corrected chi connectivity index (χ1v) is 16.5. The highest BCUT2D eigenvalue weighted by atomic mass is 32.1. The first-order chi connectivity index (χ1) is 19.3. The van der Waals surface area contributed by atoms with Gasteiger partial charge in [-0.25, -0.2) is 10.0 Å². The standard InChI is InChI=1S/C34H40N2O2S2/c37-31(27-5-1-3-7-29(27)39)35(33-15-21-9-22(16-33)11-23(10-21)17-33)36(32(38)28-6-2-4-8-30(28)40)34-18-24-12-25(19-34)14-26(13-24)20-34/h1-8,21-26,39-40H,9-20H2. The monoisotopic (exact) mass is 572 g/mol. The second kappa shape index (κ2) is 9.29. The first-order valence-electron chi connectivity index (χ1n) is 15.6. The molecule has 0 N–H and O–H groups in total. The Morgan fingerprint density at radius 1 is 0.525 bits per heavy atom. The lowest BCUT2D eigenvalue weighted by Gasteiger charge is -2.67. The number of hydrogen-bond acceptors (Lipinski definition) is 4. The maximum Gasteiger partial charge on any atom is 0.274 e. The van der Waals surface area contributed by atoms with Crippen LogP contribution < -0.4 is 0 Å². The number of hydrazine groups is 1. The molecule has 8 saturated carbocycles. The van der Waals surface area contributed by atoms with Gasteiger partial charge in [-0.3, -0.25) is 9.59 Å². The zero-order valence-corrected chi connectivity index (χ0v) is 25.0. The summed E-state index contributed by atoms with van der Waals surface area (Å²) in [7, 11) is 0. The fourth-order valence-corrected chi connectivity index (χ4v) is 11.7. The SMILES string of the molecule is O=C(c1ccccc1S)N(N(C(=O)c1ccccc1S)C12CC3CC(CC(C3)C1)C2)C12CC3CC(CC(C3)C1)C2. The molecule has 0 aliphatic heterocycles. The van der Waals surface area contributed by atoms with Crippen LogP contribution in [0.25, 0.3) is 0 Å². The van der Waals surface area contributed by atoms with Crippen molar-refractivity contribution in [3.05, 3.63) is 59.7 Å². The highest BCUT2D eigenvalue weighted by molar-refractivity contribution is 7.80. The molecule has 0 atom stereocenters.